The van der Waals surface area contributed by atoms with Crippen LogP contribution in [0.25, 0.3) is 0 Å². The van der Waals surface area contributed by atoms with Gasteiger partial charge < -0.3 is 9.64 Å². The molecule has 1 aliphatic heterocycles. The Balaban J connectivity index is 2.91. The highest BCUT2D eigenvalue weighted by atomic mass is 16.5. The van der Waals surface area contributed by atoms with E-state index in [0.717, 1.165) is 31.5 Å². The van der Waals surface area contributed by atoms with Crippen molar-refractivity contribution < 1.29 is 9.53 Å². The van der Waals surface area contributed by atoms with Crippen LogP contribution in [-0.4, -0.2) is 31.1 Å². The average Bonchev–Trinajstić information content (AvgIpc) is 2.22. The molecule has 0 aromatic rings. The highest BCUT2D eigenvalue weighted by Gasteiger charge is 2.21. The van der Waals surface area contributed by atoms with Gasteiger partial charge in [-0.05, 0) is 26.2 Å². The van der Waals surface area contributed by atoms with Gasteiger partial charge in [-0.1, -0.05) is 0 Å². The minimum atomic E-state index is -0.497. The summed E-state index contributed by atoms with van der Waals surface area (Å²) in [7, 11) is 1.91. The van der Waals surface area contributed by atoms with Gasteiger partial charge in [0.2, 0.25) is 0 Å². The fourth-order valence-corrected chi connectivity index (χ4v) is 1.71. The quantitative estimate of drug-likeness (QED) is 0.391. The summed E-state index contributed by atoms with van der Waals surface area (Å²) in [5, 5.41) is 8.96. The number of likely N-dealkylation sites (tertiary alicyclic amines) is 1. The van der Waals surface area contributed by atoms with E-state index < -0.39 is 5.97 Å². The van der Waals surface area contributed by atoms with Gasteiger partial charge in [-0.25, -0.2) is 4.79 Å². The summed E-state index contributed by atoms with van der Waals surface area (Å²) in [4.78, 5) is 13.5. The Hall–Kier alpha value is -1.50. The Kier molecular flexibility index (Phi) is 4.17. The van der Waals surface area contributed by atoms with Crippen molar-refractivity contribution in [2.75, 3.05) is 20.2 Å². The summed E-state index contributed by atoms with van der Waals surface area (Å²) in [6.45, 7) is 2.95. The molecule has 1 saturated heterocycles. The Bertz CT molecular complexity index is 315. The first-order chi connectivity index (χ1) is 7.20. The molecule has 0 atom stereocenters. The van der Waals surface area contributed by atoms with Crippen molar-refractivity contribution >= 4 is 5.97 Å². The molecule has 0 bridgehead atoms. The second-order valence-electron chi connectivity index (χ2n) is 3.53. The van der Waals surface area contributed by atoms with Gasteiger partial charge in [-0.15, -0.1) is 0 Å². The number of carbonyl (C=O) groups is 1. The minimum Gasteiger partial charge on any atom is -0.462 e. The summed E-state index contributed by atoms with van der Waals surface area (Å²) in [5.41, 5.74) is 0.987. The van der Waals surface area contributed by atoms with Crippen LogP contribution in [0.2, 0.25) is 0 Å². The molecule has 1 rings (SSSR count). The Morgan fingerprint density at radius 3 is 2.87 bits per heavy atom. The second-order valence-corrected chi connectivity index (χ2v) is 3.53. The molecule has 0 unspecified atom stereocenters. The van der Waals surface area contributed by atoms with Crippen molar-refractivity contribution in [3.8, 4) is 6.07 Å². The molecule has 0 aliphatic carbocycles. The first-order valence-corrected chi connectivity index (χ1v) is 5.22. The van der Waals surface area contributed by atoms with Gasteiger partial charge in [0.15, 0.2) is 5.57 Å². The van der Waals surface area contributed by atoms with E-state index in [0.29, 0.717) is 6.61 Å². The fourth-order valence-electron chi connectivity index (χ4n) is 1.71. The molecule has 4 heteroatoms. The van der Waals surface area contributed by atoms with Gasteiger partial charge in [-0.3, -0.25) is 0 Å². The molecule has 1 aliphatic rings. The van der Waals surface area contributed by atoms with E-state index in [1.54, 1.807) is 6.92 Å². The SMILES string of the molecule is CCOC(=O)/C(C#N)=C1/CCCCN1C. The van der Waals surface area contributed by atoms with E-state index in [2.05, 4.69) is 0 Å². The summed E-state index contributed by atoms with van der Waals surface area (Å²) < 4.78 is 4.85. The molecule has 0 aromatic carbocycles. The van der Waals surface area contributed by atoms with Gasteiger partial charge in [0.05, 0.1) is 6.61 Å². The van der Waals surface area contributed by atoms with Crippen molar-refractivity contribution in [2.24, 2.45) is 0 Å². The fraction of sp³-hybridized carbons (Fsp3) is 0.636. The monoisotopic (exact) mass is 208 g/mol. The van der Waals surface area contributed by atoms with Gasteiger partial charge in [0.25, 0.3) is 0 Å². The standard InChI is InChI=1S/C11H16N2O2/c1-3-15-11(14)9(8-12)10-6-4-5-7-13(10)2/h3-7H2,1-2H3/b10-9-. The topological polar surface area (TPSA) is 53.3 Å². The smallest absolute Gasteiger partial charge is 0.350 e. The third-order valence-electron chi connectivity index (χ3n) is 2.50. The summed E-state index contributed by atoms with van der Waals surface area (Å²) in [5.74, 6) is -0.497. The molecule has 1 heterocycles. The first kappa shape index (κ1) is 11.6. The molecule has 0 N–H and O–H groups in total. The molecule has 0 radical (unpaired) electrons. The molecule has 4 nitrogen and oxygen atoms in total. The Morgan fingerprint density at radius 2 is 2.33 bits per heavy atom. The van der Waals surface area contributed by atoms with Crippen molar-refractivity contribution in [3.63, 3.8) is 0 Å². The number of ether oxygens (including phenoxy) is 1. The van der Waals surface area contributed by atoms with Crippen LogP contribution >= 0.6 is 0 Å². The van der Waals surface area contributed by atoms with E-state index >= 15 is 0 Å². The van der Waals surface area contributed by atoms with Crippen molar-refractivity contribution in [2.45, 2.75) is 26.2 Å². The number of nitrogens with zero attached hydrogens (tertiary/aromatic N) is 2. The van der Waals surface area contributed by atoms with Crippen LogP contribution in [0.4, 0.5) is 0 Å². The number of esters is 1. The van der Waals surface area contributed by atoms with E-state index in [1.807, 2.05) is 18.0 Å². The lowest BCUT2D eigenvalue weighted by molar-refractivity contribution is -0.138. The molecule has 0 saturated carbocycles. The van der Waals surface area contributed by atoms with E-state index in [9.17, 15) is 4.79 Å². The van der Waals surface area contributed by atoms with Crippen LogP contribution in [-0.2, 0) is 9.53 Å². The molecule has 15 heavy (non-hydrogen) atoms. The van der Waals surface area contributed by atoms with Crippen LogP contribution in [0.15, 0.2) is 11.3 Å². The summed E-state index contributed by atoms with van der Waals surface area (Å²) in [6.07, 6.45) is 2.93. The molecule has 82 valence electrons. The molecule has 0 spiro atoms. The molecular weight excluding hydrogens is 192 g/mol. The highest BCUT2D eigenvalue weighted by molar-refractivity contribution is 5.93. The predicted octanol–water partition coefficient (Wildman–Crippen LogP) is 1.44. The summed E-state index contributed by atoms with van der Waals surface area (Å²) in [6, 6.07) is 1.95. The lowest BCUT2D eigenvalue weighted by atomic mass is 10.0. The number of rotatable bonds is 2. The second kappa shape index (κ2) is 5.40. The normalized spacial score (nSPS) is 19.4. The third kappa shape index (κ3) is 2.72. The molecule has 1 fully saturated rings. The zero-order chi connectivity index (χ0) is 11.3. The largest absolute Gasteiger partial charge is 0.462 e. The number of piperidine rings is 1. The maximum atomic E-state index is 11.5. The maximum Gasteiger partial charge on any atom is 0.350 e. The molecule has 0 aromatic heterocycles. The molecular formula is C11H16N2O2. The van der Waals surface area contributed by atoms with Crippen LogP contribution < -0.4 is 0 Å². The van der Waals surface area contributed by atoms with Crippen LogP contribution in [0.5, 0.6) is 0 Å². The molecule has 0 amide bonds. The third-order valence-corrected chi connectivity index (χ3v) is 2.50. The van der Waals surface area contributed by atoms with E-state index in [4.69, 9.17) is 10.00 Å². The highest BCUT2D eigenvalue weighted by Crippen LogP contribution is 2.22. The van der Waals surface area contributed by atoms with Crippen molar-refractivity contribution in [1.29, 1.82) is 5.26 Å². The number of allylic oxidation sites excluding steroid dienone is 1. The number of hydrogen-bond acceptors (Lipinski definition) is 4. The van der Waals surface area contributed by atoms with Gasteiger partial charge >= 0.3 is 5.97 Å². The first-order valence-electron chi connectivity index (χ1n) is 5.22. The van der Waals surface area contributed by atoms with E-state index in [-0.39, 0.29) is 5.57 Å². The number of hydrogen-bond donors (Lipinski definition) is 0. The van der Waals surface area contributed by atoms with Crippen molar-refractivity contribution in [1.82, 2.24) is 4.90 Å². The van der Waals surface area contributed by atoms with Gasteiger partial charge in [-0.2, -0.15) is 5.26 Å². The lowest BCUT2D eigenvalue weighted by Crippen LogP contribution is -2.26. The van der Waals surface area contributed by atoms with Gasteiger partial charge in [0.1, 0.15) is 6.07 Å². The van der Waals surface area contributed by atoms with Crippen LogP contribution in [0.3, 0.4) is 0 Å². The van der Waals surface area contributed by atoms with Gasteiger partial charge in [0, 0.05) is 19.3 Å². The van der Waals surface area contributed by atoms with Crippen molar-refractivity contribution in [3.05, 3.63) is 11.3 Å². The van der Waals surface area contributed by atoms with Crippen LogP contribution in [0.1, 0.15) is 26.2 Å². The zero-order valence-electron chi connectivity index (χ0n) is 9.25. The Morgan fingerprint density at radius 1 is 1.60 bits per heavy atom. The predicted molar refractivity (Wildman–Crippen MR) is 55.8 cm³/mol. The van der Waals surface area contributed by atoms with E-state index in [1.165, 1.54) is 0 Å². The Labute approximate surface area is 90.1 Å². The lowest BCUT2D eigenvalue weighted by Gasteiger charge is -2.28. The maximum absolute atomic E-state index is 11.5. The van der Waals surface area contributed by atoms with Crippen LogP contribution in [0, 0.1) is 11.3 Å². The summed E-state index contributed by atoms with van der Waals surface area (Å²) >= 11 is 0. The number of carbonyl (C=O) groups excluding carboxylic acids is 1. The zero-order valence-corrected chi connectivity index (χ0v) is 9.25. The minimum absolute atomic E-state index is 0.166. The number of nitriles is 1. The average molecular weight is 208 g/mol.